The van der Waals surface area contributed by atoms with Crippen molar-refractivity contribution in [3.63, 3.8) is 0 Å². The molecular weight excluding hydrogens is 387 g/mol. The fourth-order valence-electron chi connectivity index (χ4n) is 2.17. The number of anilines is 1. The van der Waals surface area contributed by atoms with Gasteiger partial charge < -0.3 is 5.31 Å². The number of likely N-dealkylation sites (tertiary alicyclic amines) is 1. The van der Waals surface area contributed by atoms with Crippen LogP contribution < -0.4 is 5.31 Å². The van der Waals surface area contributed by atoms with Gasteiger partial charge in [-0.3, -0.25) is 4.90 Å². The van der Waals surface area contributed by atoms with E-state index in [1.807, 2.05) is 0 Å². The largest absolute Gasteiger partial charge is 0.365 e. The molecule has 138 valence electrons. The SMILES string of the molecule is [2H]C(c1ccc(F)c(C#N)c1)N1C([2H])([2H])C([2H])([2H])C([2H])(N([2H])c2ncnc3sc(Cl)nc23)C([2H])([2H])C1([2H])[2H]. The molecule has 1 saturated heterocycles. The Morgan fingerprint density at radius 1 is 1.52 bits per heavy atom. The first-order chi connectivity index (χ1) is 17.4. The number of nitrogens with zero attached hydrogens (tertiary/aromatic N) is 5. The summed E-state index contributed by atoms with van der Waals surface area (Å²) in [4.78, 5) is 11.6. The molecule has 1 aliphatic rings. The number of benzene rings is 1. The number of aromatic nitrogens is 3. The quantitative estimate of drug-likeness (QED) is 0.700. The van der Waals surface area contributed by atoms with Gasteiger partial charge >= 0.3 is 0 Å². The van der Waals surface area contributed by atoms with Crippen molar-refractivity contribution in [1.82, 2.24) is 19.9 Å². The Morgan fingerprint density at radius 3 is 3.11 bits per heavy atom. The monoisotopic (exact) mass is 413 g/mol. The zero-order valence-corrected chi connectivity index (χ0v) is 14.8. The summed E-state index contributed by atoms with van der Waals surface area (Å²) >= 11 is 6.75. The smallest absolute Gasteiger partial charge is 0.186 e. The van der Waals surface area contributed by atoms with Crippen molar-refractivity contribution in [1.29, 1.82) is 5.26 Å². The Morgan fingerprint density at radius 2 is 2.33 bits per heavy atom. The molecule has 4 rings (SSSR count). The first-order valence-corrected chi connectivity index (χ1v) is 8.54. The Kier molecular flexibility index (Phi) is 2.64. The molecule has 9 heteroatoms. The predicted octanol–water partition coefficient (Wildman–Crippen LogP) is 3.83. The highest BCUT2D eigenvalue weighted by Gasteiger charge is 2.21. The molecule has 1 N–H and O–H groups in total. The molecular formula is C18H16ClFN6S. The van der Waals surface area contributed by atoms with Gasteiger partial charge in [0.2, 0.25) is 0 Å². The number of piperidine rings is 1. The average molecular weight is 414 g/mol. The number of hydrogen-bond acceptors (Lipinski definition) is 7. The lowest BCUT2D eigenvalue weighted by Crippen LogP contribution is -2.38. The van der Waals surface area contributed by atoms with E-state index >= 15 is 0 Å². The van der Waals surface area contributed by atoms with Gasteiger partial charge in [-0.05, 0) is 30.4 Å². The number of rotatable bonds is 4. The van der Waals surface area contributed by atoms with Crippen LogP contribution in [0.2, 0.25) is 5.88 Å². The summed E-state index contributed by atoms with van der Waals surface area (Å²) in [5.41, 5.74) is -1.10. The third-order valence-electron chi connectivity index (χ3n) is 3.35. The second kappa shape index (κ2) is 7.72. The molecule has 0 radical (unpaired) electrons. The van der Waals surface area contributed by atoms with Crippen LogP contribution in [-0.2, 0) is 6.52 Å². The van der Waals surface area contributed by atoms with Crippen molar-refractivity contribution in [2.75, 3.05) is 18.3 Å². The zero-order chi connectivity index (χ0) is 28.6. The molecule has 27 heavy (non-hydrogen) atoms. The fraction of sp³-hybridized carbons (Fsp3) is 0.333. The third kappa shape index (κ3) is 4.00. The summed E-state index contributed by atoms with van der Waals surface area (Å²) in [5, 5.41) is 9.02. The van der Waals surface area contributed by atoms with E-state index in [-0.39, 0.29) is 30.6 Å². The lowest BCUT2D eigenvalue weighted by Gasteiger charge is -2.32. The second-order valence-electron chi connectivity index (χ2n) is 5.10. The van der Waals surface area contributed by atoms with Gasteiger partial charge in [-0.15, -0.1) is 0 Å². The Labute approximate surface area is 180 Å². The van der Waals surface area contributed by atoms with Crippen molar-refractivity contribution in [2.45, 2.75) is 25.3 Å². The average Bonchev–Trinajstić information content (AvgIpc) is 3.22. The molecule has 0 bridgehead atoms. The van der Waals surface area contributed by atoms with Gasteiger partial charge in [-0.2, -0.15) is 5.26 Å². The van der Waals surface area contributed by atoms with Crippen molar-refractivity contribution >= 4 is 39.1 Å². The van der Waals surface area contributed by atoms with E-state index in [9.17, 15) is 4.39 Å². The maximum Gasteiger partial charge on any atom is 0.186 e. The molecule has 0 amide bonds. The van der Waals surface area contributed by atoms with Crippen LogP contribution in [-0.4, -0.2) is 38.9 Å². The molecule has 6 nitrogen and oxygen atoms in total. The number of nitrogens with one attached hydrogen (secondary N) is 1. The normalized spacial score (nSPS) is 31.5. The van der Waals surface area contributed by atoms with Gasteiger partial charge in [0.15, 0.2) is 11.7 Å². The molecule has 1 aromatic carbocycles. The number of fused-ring (bicyclic) bond motifs is 1. The van der Waals surface area contributed by atoms with E-state index in [4.69, 9.17) is 32.0 Å². The van der Waals surface area contributed by atoms with E-state index in [1.54, 1.807) is 0 Å². The second-order valence-corrected chi connectivity index (χ2v) is 6.66. The van der Waals surface area contributed by atoms with Crippen molar-refractivity contribution < 1.29 is 19.5 Å². The van der Waals surface area contributed by atoms with Crippen LogP contribution in [0, 0.1) is 17.1 Å². The zero-order valence-electron chi connectivity index (χ0n) is 24.2. The van der Waals surface area contributed by atoms with Crippen LogP contribution in [0.4, 0.5) is 10.2 Å². The molecule has 3 heterocycles. The van der Waals surface area contributed by atoms with Crippen molar-refractivity contribution in [2.24, 2.45) is 0 Å². The minimum Gasteiger partial charge on any atom is -0.365 e. The molecule has 0 spiro atoms. The highest BCUT2D eigenvalue weighted by Crippen LogP contribution is 2.28. The van der Waals surface area contributed by atoms with Gasteiger partial charge in [-0.1, -0.05) is 29.0 Å². The minimum absolute atomic E-state index is 0.0613. The Bertz CT molecular complexity index is 1440. The Balaban J connectivity index is 1.93. The molecule has 1 unspecified atom stereocenters. The van der Waals surface area contributed by atoms with Crippen LogP contribution in [0.25, 0.3) is 10.3 Å². The van der Waals surface area contributed by atoms with Crippen molar-refractivity contribution in [3.05, 3.63) is 45.9 Å². The maximum atomic E-state index is 13.9. The summed E-state index contributed by atoms with van der Waals surface area (Å²) in [6.07, 6.45) is -6.57. The molecule has 2 aromatic heterocycles. The van der Waals surface area contributed by atoms with Crippen LogP contribution >= 0.6 is 22.9 Å². The molecule has 1 fully saturated rings. The fourth-order valence-corrected chi connectivity index (χ4v) is 3.10. The number of thiazole rings is 1. The van der Waals surface area contributed by atoms with Gasteiger partial charge in [0.25, 0.3) is 0 Å². The number of hydrogen-bond donors (Lipinski definition) is 1. The summed E-state index contributed by atoms with van der Waals surface area (Å²) in [7, 11) is 0. The summed E-state index contributed by atoms with van der Waals surface area (Å²) in [6, 6.07) is 0.428. The molecule has 0 saturated carbocycles. The molecule has 1 aliphatic heterocycles. The minimum atomic E-state index is -3.74. The van der Waals surface area contributed by atoms with Gasteiger partial charge in [0, 0.05) is 37.9 Å². The predicted molar refractivity (Wildman–Crippen MR) is 103 cm³/mol. The van der Waals surface area contributed by atoms with Crippen LogP contribution in [0.1, 0.15) is 37.6 Å². The van der Waals surface area contributed by atoms with Crippen LogP contribution in [0.15, 0.2) is 24.5 Å². The summed E-state index contributed by atoms with van der Waals surface area (Å²) in [6.45, 7) is -9.48. The van der Waals surface area contributed by atoms with E-state index in [0.717, 1.165) is 35.9 Å². The van der Waals surface area contributed by atoms with Crippen molar-refractivity contribution in [3.8, 4) is 6.07 Å². The van der Waals surface area contributed by atoms with Crippen LogP contribution in [0.3, 0.4) is 0 Å². The first-order valence-electron chi connectivity index (χ1n) is 12.9. The number of halogens is 2. The van der Waals surface area contributed by atoms with E-state index < -0.39 is 55.5 Å². The highest BCUT2D eigenvalue weighted by molar-refractivity contribution is 7.21. The standard InChI is InChI=1S/C18H16ClFN6S/c19-18-25-15-16(22-10-23-17(15)27-18)24-13-3-5-26(6-4-13)9-11-1-2-14(20)12(7-11)8-21/h1-2,7,10,13H,3-6,9H2,(H,22,23,24)/i3D2,4D2,5D2,6D2,9D,13D/hD. The molecule has 3 aromatic rings. The lowest BCUT2D eigenvalue weighted by molar-refractivity contribution is 0.211. The first kappa shape index (κ1) is 9.24. The third-order valence-corrected chi connectivity index (χ3v) is 4.41. The Hall–Kier alpha value is -2.34. The highest BCUT2D eigenvalue weighted by atomic mass is 35.5. The van der Waals surface area contributed by atoms with E-state index in [1.165, 1.54) is 6.07 Å². The van der Waals surface area contributed by atoms with Gasteiger partial charge in [0.1, 0.15) is 28.6 Å². The summed E-state index contributed by atoms with van der Waals surface area (Å²) in [5.74, 6) is -1.59. The van der Waals surface area contributed by atoms with Gasteiger partial charge in [-0.25, -0.2) is 19.3 Å². The van der Waals surface area contributed by atoms with Gasteiger partial charge in [0.05, 0.1) is 6.93 Å². The topological polar surface area (TPSA) is 77.7 Å². The van der Waals surface area contributed by atoms with E-state index in [0.29, 0.717) is 0 Å². The molecule has 1 atom stereocenters. The molecule has 0 aliphatic carbocycles. The van der Waals surface area contributed by atoms with E-state index in [2.05, 4.69) is 15.0 Å². The number of nitriles is 1. The lowest BCUT2D eigenvalue weighted by atomic mass is 10.0. The maximum absolute atomic E-state index is 13.9. The summed E-state index contributed by atoms with van der Waals surface area (Å²) < 4.78 is 109. The van der Waals surface area contributed by atoms with Crippen LogP contribution in [0.5, 0.6) is 0 Å².